The molecule has 0 saturated heterocycles. The van der Waals surface area contributed by atoms with Crippen LogP contribution < -0.4 is 5.14 Å². The van der Waals surface area contributed by atoms with E-state index >= 15 is 0 Å². The van der Waals surface area contributed by atoms with Crippen molar-refractivity contribution >= 4 is 10.0 Å². The number of nitrogens with zero attached hydrogens (tertiary/aromatic N) is 1. The zero-order valence-corrected chi connectivity index (χ0v) is 12.1. The standard InChI is InChI=1S/C15H12FN3O2S/c16-11-6-7-13(22(17,20)21)14(10-4-2-1-3-5-10)15(11)12-8-9-18-19-12/h1-9H,(H,18,19)(H2,17,20,21). The minimum absolute atomic E-state index is 0.0963. The highest BCUT2D eigenvalue weighted by Gasteiger charge is 2.23. The Bertz CT molecular complexity index is 907. The summed E-state index contributed by atoms with van der Waals surface area (Å²) >= 11 is 0. The number of H-pyrrole nitrogens is 1. The fourth-order valence-corrected chi connectivity index (χ4v) is 3.10. The van der Waals surface area contributed by atoms with Crippen LogP contribution in [0.15, 0.2) is 59.6 Å². The van der Waals surface area contributed by atoms with Crippen LogP contribution in [0.3, 0.4) is 0 Å². The van der Waals surface area contributed by atoms with Gasteiger partial charge in [0, 0.05) is 17.3 Å². The number of nitrogens with one attached hydrogen (secondary N) is 1. The predicted molar refractivity (Wildman–Crippen MR) is 80.8 cm³/mol. The Kier molecular flexibility index (Phi) is 3.51. The van der Waals surface area contributed by atoms with Crippen LogP contribution in [0, 0.1) is 5.82 Å². The lowest BCUT2D eigenvalue weighted by molar-refractivity contribution is 0.597. The van der Waals surface area contributed by atoms with Crippen molar-refractivity contribution in [2.24, 2.45) is 5.14 Å². The van der Waals surface area contributed by atoms with Crippen molar-refractivity contribution in [1.29, 1.82) is 0 Å². The number of aromatic amines is 1. The summed E-state index contributed by atoms with van der Waals surface area (Å²) in [6.07, 6.45) is 1.53. The molecule has 0 bridgehead atoms. The van der Waals surface area contributed by atoms with Crippen molar-refractivity contribution in [2.45, 2.75) is 4.90 Å². The number of halogens is 1. The number of nitrogens with two attached hydrogens (primary N) is 1. The number of rotatable bonds is 3. The lowest BCUT2D eigenvalue weighted by atomic mass is 9.97. The van der Waals surface area contributed by atoms with Crippen LogP contribution in [0.4, 0.5) is 4.39 Å². The van der Waals surface area contributed by atoms with E-state index in [1.807, 2.05) is 0 Å². The number of benzene rings is 2. The molecule has 1 heterocycles. The van der Waals surface area contributed by atoms with Crippen molar-refractivity contribution in [2.75, 3.05) is 0 Å². The zero-order valence-electron chi connectivity index (χ0n) is 11.3. The van der Waals surface area contributed by atoms with Crippen LogP contribution in [0.1, 0.15) is 0 Å². The van der Waals surface area contributed by atoms with E-state index in [2.05, 4.69) is 10.2 Å². The highest BCUT2D eigenvalue weighted by Crippen LogP contribution is 2.37. The molecule has 0 aliphatic carbocycles. The maximum atomic E-state index is 14.4. The molecular weight excluding hydrogens is 305 g/mol. The first-order valence-electron chi connectivity index (χ1n) is 6.39. The van der Waals surface area contributed by atoms with Gasteiger partial charge in [0.15, 0.2) is 0 Å². The molecule has 3 rings (SSSR count). The summed E-state index contributed by atoms with van der Waals surface area (Å²) in [5.74, 6) is -0.571. The lowest BCUT2D eigenvalue weighted by Crippen LogP contribution is -2.14. The molecule has 0 atom stereocenters. The molecule has 0 radical (unpaired) electrons. The second-order valence-electron chi connectivity index (χ2n) is 4.67. The van der Waals surface area contributed by atoms with E-state index in [0.29, 0.717) is 11.3 Å². The molecule has 0 spiro atoms. The molecule has 1 aromatic heterocycles. The van der Waals surface area contributed by atoms with Gasteiger partial charge in [-0.05, 0) is 23.8 Å². The van der Waals surface area contributed by atoms with Crippen LogP contribution in [0.5, 0.6) is 0 Å². The molecule has 112 valence electrons. The fourth-order valence-electron chi connectivity index (χ4n) is 2.34. The Morgan fingerprint density at radius 3 is 2.32 bits per heavy atom. The van der Waals surface area contributed by atoms with E-state index in [1.165, 1.54) is 12.3 Å². The molecule has 0 fully saturated rings. The molecule has 2 aromatic carbocycles. The third-order valence-corrected chi connectivity index (χ3v) is 4.20. The van der Waals surface area contributed by atoms with Crippen LogP contribution in [-0.4, -0.2) is 18.6 Å². The zero-order chi connectivity index (χ0) is 15.7. The smallest absolute Gasteiger partial charge is 0.238 e. The van der Waals surface area contributed by atoms with Gasteiger partial charge in [0.2, 0.25) is 10.0 Å². The predicted octanol–water partition coefficient (Wildman–Crippen LogP) is 2.53. The first-order valence-corrected chi connectivity index (χ1v) is 7.94. The average Bonchev–Trinajstić information content (AvgIpc) is 3.00. The summed E-state index contributed by atoms with van der Waals surface area (Å²) in [4.78, 5) is -0.141. The molecule has 0 amide bonds. The van der Waals surface area contributed by atoms with Gasteiger partial charge in [-0.15, -0.1) is 0 Å². The molecule has 5 nitrogen and oxygen atoms in total. The van der Waals surface area contributed by atoms with Gasteiger partial charge < -0.3 is 0 Å². The number of aromatic nitrogens is 2. The Balaban J connectivity index is 2.44. The van der Waals surface area contributed by atoms with Crippen LogP contribution in [0.2, 0.25) is 0 Å². The molecule has 22 heavy (non-hydrogen) atoms. The molecule has 3 aromatic rings. The highest BCUT2D eigenvalue weighted by atomic mass is 32.2. The van der Waals surface area contributed by atoms with E-state index in [9.17, 15) is 12.8 Å². The van der Waals surface area contributed by atoms with Crippen molar-refractivity contribution < 1.29 is 12.8 Å². The Morgan fingerprint density at radius 2 is 1.73 bits per heavy atom. The summed E-state index contributed by atoms with van der Waals surface area (Å²) in [5.41, 5.74) is 1.15. The second kappa shape index (κ2) is 5.36. The average molecular weight is 317 g/mol. The Hall–Kier alpha value is -2.51. The van der Waals surface area contributed by atoms with Gasteiger partial charge in [-0.25, -0.2) is 17.9 Å². The molecule has 7 heteroatoms. The summed E-state index contributed by atoms with van der Waals surface area (Å²) < 4.78 is 38.2. The lowest BCUT2D eigenvalue weighted by Gasteiger charge is -2.13. The van der Waals surface area contributed by atoms with E-state index in [0.717, 1.165) is 6.07 Å². The highest BCUT2D eigenvalue weighted by molar-refractivity contribution is 7.89. The van der Waals surface area contributed by atoms with Gasteiger partial charge >= 0.3 is 0 Å². The van der Waals surface area contributed by atoms with Gasteiger partial charge in [0.1, 0.15) is 5.82 Å². The Labute approximate surface area is 126 Å². The monoisotopic (exact) mass is 317 g/mol. The molecule has 0 unspecified atom stereocenters. The number of hydrogen-bond acceptors (Lipinski definition) is 3. The summed E-state index contributed by atoms with van der Waals surface area (Å²) in [5, 5.41) is 11.8. The van der Waals surface area contributed by atoms with Crippen LogP contribution >= 0.6 is 0 Å². The van der Waals surface area contributed by atoms with E-state index in [1.54, 1.807) is 36.4 Å². The fraction of sp³-hybridized carbons (Fsp3) is 0. The topological polar surface area (TPSA) is 88.8 Å². The van der Waals surface area contributed by atoms with Crippen LogP contribution in [-0.2, 0) is 10.0 Å². The van der Waals surface area contributed by atoms with Gasteiger partial charge in [-0.3, -0.25) is 5.10 Å². The minimum atomic E-state index is -4.02. The largest absolute Gasteiger partial charge is 0.285 e. The van der Waals surface area contributed by atoms with Crippen LogP contribution in [0.25, 0.3) is 22.4 Å². The number of sulfonamides is 1. The van der Waals surface area contributed by atoms with Gasteiger partial charge in [0.05, 0.1) is 10.6 Å². The normalized spacial score (nSPS) is 11.5. The van der Waals surface area contributed by atoms with E-state index in [4.69, 9.17) is 5.14 Å². The van der Waals surface area contributed by atoms with Crippen molar-refractivity contribution in [3.63, 3.8) is 0 Å². The quantitative estimate of drug-likeness (QED) is 0.778. The van der Waals surface area contributed by atoms with E-state index < -0.39 is 15.8 Å². The second-order valence-corrected chi connectivity index (χ2v) is 6.20. The van der Waals surface area contributed by atoms with Gasteiger partial charge in [-0.2, -0.15) is 5.10 Å². The van der Waals surface area contributed by atoms with Gasteiger partial charge in [0.25, 0.3) is 0 Å². The van der Waals surface area contributed by atoms with Gasteiger partial charge in [-0.1, -0.05) is 30.3 Å². The molecule has 0 aliphatic heterocycles. The first kappa shape index (κ1) is 14.4. The van der Waals surface area contributed by atoms with Crippen molar-refractivity contribution in [1.82, 2.24) is 10.2 Å². The third-order valence-electron chi connectivity index (χ3n) is 3.24. The summed E-state index contributed by atoms with van der Waals surface area (Å²) in [7, 11) is -4.02. The maximum absolute atomic E-state index is 14.4. The number of hydrogen-bond donors (Lipinski definition) is 2. The molecule has 3 N–H and O–H groups in total. The summed E-state index contributed by atoms with van der Waals surface area (Å²) in [6.45, 7) is 0. The minimum Gasteiger partial charge on any atom is -0.285 e. The van der Waals surface area contributed by atoms with Crippen molar-refractivity contribution in [3.8, 4) is 22.4 Å². The van der Waals surface area contributed by atoms with E-state index in [-0.39, 0.29) is 16.0 Å². The van der Waals surface area contributed by atoms with Crippen molar-refractivity contribution in [3.05, 3.63) is 60.5 Å². The summed E-state index contributed by atoms with van der Waals surface area (Å²) in [6, 6.07) is 12.5. The molecular formula is C15H12FN3O2S. The molecule has 0 saturated carbocycles. The maximum Gasteiger partial charge on any atom is 0.238 e. The third kappa shape index (κ3) is 2.51. The Morgan fingerprint density at radius 1 is 1.00 bits per heavy atom. The molecule has 0 aliphatic rings. The SMILES string of the molecule is NS(=O)(=O)c1ccc(F)c(-c2cc[nH]n2)c1-c1ccccc1. The number of primary sulfonamides is 1. The first-order chi connectivity index (χ1) is 10.5.